The fourth-order valence-electron chi connectivity index (χ4n) is 3.03. The molecule has 0 saturated carbocycles. The van der Waals surface area contributed by atoms with Crippen molar-refractivity contribution in [3.05, 3.63) is 35.4 Å². The van der Waals surface area contributed by atoms with Crippen LogP contribution in [0.5, 0.6) is 0 Å². The smallest absolute Gasteiger partial charge is 0.331 e. The second-order valence-electron chi connectivity index (χ2n) is 5.28. The lowest BCUT2D eigenvalue weighted by atomic mass is 9.91. The zero-order chi connectivity index (χ0) is 14.1. The van der Waals surface area contributed by atoms with Gasteiger partial charge in [-0.1, -0.05) is 24.3 Å². The molecule has 1 aromatic carbocycles. The number of carbonyl (C=O) groups is 2. The maximum atomic E-state index is 12.6. The van der Waals surface area contributed by atoms with Gasteiger partial charge in [-0.2, -0.15) is 11.8 Å². The van der Waals surface area contributed by atoms with Crippen molar-refractivity contribution < 1.29 is 14.7 Å². The summed E-state index contributed by atoms with van der Waals surface area (Å²) in [4.78, 5) is 25.8. The van der Waals surface area contributed by atoms with E-state index in [9.17, 15) is 14.7 Å². The van der Waals surface area contributed by atoms with E-state index >= 15 is 0 Å². The van der Waals surface area contributed by atoms with Crippen LogP contribution in [0.25, 0.3) is 0 Å². The number of nitrogens with zero attached hydrogens (tertiary/aromatic N) is 1. The number of carbonyl (C=O) groups excluding carboxylic acids is 1. The molecule has 0 radical (unpaired) electrons. The van der Waals surface area contributed by atoms with Crippen LogP contribution in [0.2, 0.25) is 0 Å². The highest BCUT2D eigenvalue weighted by Crippen LogP contribution is 2.33. The zero-order valence-corrected chi connectivity index (χ0v) is 11.9. The number of benzene rings is 1. The summed E-state index contributed by atoms with van der Waals surface area (Å²) in [6.45, 7) is 0.508. The third-order valence-electron chi connectivity index (χ3n) is 4.08. The molecule has 2 heterocycles. The highest BCUT2D eigenvalue weighted by Gasteiger charge is 2.38. The van der Waals surface area contributed by atoms with E-state index in [-0.39, 0.29) is 11.8 Å². The van der Waals surface area contributed by atoms with Crippen LogP contribution in [-0.4, -0.2) is 39.9 Å². The van der Waals surface area contributed by atoms with E-state index in [0.717, 1.165) is 35.5 Å². The molecule has 0 bridgehead atoms. The maximum absolute atomic E-state index is 12.6. The number of fused-ring (bicyclic) bond motifs is 1. The molecular formula is C15H17NO3S. The predicted octanol–water partition coefficient (Wildman–Crippen LogP) is 1.95. The normalized spacial score (nSPS) is 25.3. The Bertz CT molecular complexity index is 540. The van der Waals surface area contributed by atoms with E-state index < -0.39 is 12.0 Å². The lowest BCUT2D eigenvalue weighted by molar-refractivity contribution is -0.152. The predicted molar refractivity (Wildman–Crippen MR) is 77.7 cm³/mol. The minimum atomic E-state index is -0.934. The van der Waals surface area contributed by atoms with Gasteiger partial charge in [0.25, 0.3) is 0 Å². The second-order valence-corrected chi connectivity index (χ2v) is 6.43. The molecule has 0 spiro atoms. The highest BCUT2D eigenvalue weighted by molar-refractivity contribution is 7.99. The fraction of sp³-hybridized carbons (Fsp3) is 0.467. The first-order valence-electron chi connectivity index (χ1n) is 6.87. The number of hydrogen-bond donors (Lipinski definition) is 1. The van der Waals surface area contributed by atoms with Gasteiger partial charge in [-0.25, -0.2) is 4.79 Å². The van der Waals surface area contributed by atoms with Crippen LogP contribution in [0.4, 0.5) is 0 Å². The van der Waals surface area contributed by atoms with E-state index in [0.29, 0.717) is 6.54 Å². The molecule has 2 aliphatic rings. The Balaban J connectivity index is 1.92. The summed E-state index contributed by atoms with van der Waals surface area (Å²) in [6, 6.07) is 6.73. The molecule has 0 aliphatic carbocycles. The number of carboxylic acids is 1. The number of carboxylic acid groups (broad SMARTS) is 1. The van der Waals surface area contributed by atoms with E-state index in [1.54, 1.807) is 16.7 Å². The Morgan fingerprint density at radius 1 is 1.30 bits per heavy atom. The standard InChI is InChI=1S/C15H17NO3S/c17-14(11-6-8-20-9-11)16-7-5-10-3-1-2-4-12(10)13(16)15(18)19/h1-4,11,13H,5-9H2,(H,18,19). The minimum Gasteiger partial charge on any atom is -0.479 e. The summed E-state index contributed by atoms with van der Waals surface area (Å²) < 4.78 is 0. The quantitative estimate of drug-likeness (QED) is 0.905. The van der Waals surface area contributed by atoms with E-state index in [2.05, 4.69) is 0 Å². The molecule has 1 amide bonds. The zero-order valence-electron chi connectivity index (χ0n) is 11.1. The molecule has 5 heteroatoms. The van der Waals surface area contributed by atoms with Crippen molar-refractivity contribution in [2.24, 2.45) is 5.92 Å². The molecule has 4 nitrogen and oxygen atoms in total. The molecule has 106 valence electrons. The SMILES string of the molecule is O=C(O)C1c2ccccc2CCN1C(=O)C1CCSC1. The lowest BCUT2D eigenvalue weighted by Crippen LogP contribution is -2.46. The molecule has 2 atom stereocenters. The Kier molecular flexibility index (Phi) is 3.70. The van der Waals surface area contributed by atoms with Gasteiger partial charge in [0.2, 0.25) is 5.91 Å². The lowest BCUT2D eigenvalue weighted by Gasteiger charge is -2.36. The summed E-state index contributed by atoms with van der Waals surface area (Å²) in [5.74, 6) is 0.891. The molecule has 3 rings (SSSR count). The molecule has 2 unspecified atom stereocenters. The van der Waals surface area contributed by atoms with Crippen molar-refractivity contribution in [3.63, 3.8) is 0 Å². The van der Waals surface area contributed by atoms with Crippen molar-refractivity contribution in [1.29, 1.82) is 0 Å². The van der Waals surface area contributed by atoms with Gasteiger partial charge in [0.15, 0.2) is 6.04 Å². The number of hydrogen-bond acceptors (Lipinski definition) is 3. The van der Waals surface area contributed by atoms with Crippen molar-refractivity contribution in [2.45, 2.75) is 18.9 Å². The van der Waals surface area contributed by atoms with Crippen molar-refractivity contribution in [1.82, 2.24) is 4.90 Å². The largest absolute Gasteiger partial charge is 0.479 e. The molecule has 1 saturated heterocycles. The van der Waals surface area contributed by atoms with Gasteiger partial charge >= 0.3 is 5.97 Å². The third kappa shape index (κ3) is 2.30. The van der Waals surface area contributed by atoms with E-state index in [1.165, 1.54) is 0 Å². The summed E-state index contributed by atoms with van der Waals surface area (Å²) in [7, 11) is 0. The monoisotopic (exact) mass is 291 g/mol. The second kappa shape index (κ2) is 5.48. The molecular weight excluding hydrogens is 274 g/mol. The van der Waals surface area contributed by atoms with E-state index in [4.69, 9.17) is 0 Å². The van der Waals surface area contributed by atoms with Gasteiger partial charge in [-0.05, 0) is 29.7 Å². The van der Waals surface area contributed by atoms with Crippen molar-refractivity contribution in [3.8, 4) is 0 Å². The Morgan fingerprint density at radius 2 is 2.10 bits per heavy atom. The summed E-state index contributed by atoms with van der Waals surface area (Å²) in [6.07, 6.45) is 1.61. The van der Waals surface area contributed by atoms with Crippen LogP contribution < -0.4 is 0 Å². The van der Waals surface area contributed by atoms with Crippen LogP contribution in [0.15, 0.2) is 24.3 Å². The van der Waals surface area contributed by atoms with Gasteiger partial charge in [-0.3, -0.25) is 4.79 Å². The van der Waals surface area contributed by atoms with Crippen LogP contribution in [0.3, 0.4) is 0 Å². The van der Waals surface area contributed by atoms with Crippen LogP contribution in [0, 0.1) is 5.92 Å². The first-order valence-corrected chi connectivity index (χ1v) is 8.03. The Morgan fingerprint density at radius 3 is 2.80 bits per heavy atom. The van der Waals surface area contributed by atoms with Crippen LogP contribution >= 0.6 is 11.8 Å². The number of aliphatic carboxylic acids is 1. The average molecular weight is 291 g/mol. The molecule has 1 N–H and O–H groups in total. The van der Waals surface area contributed by atoms with Gasteiger partial charge < -0.3 is 10.0 Å². The summed E-state index contributed by atoms with van der Waals surface area (Å²) >= 11 is 1.77. The fourth-order valence-corrected chi connectivity index (χ4v) is 4.25. The number of thioether (sulfide) groups is 1. The van der Waals surface area contributed by atoms with E-state index in [1.807, 2.05) is 24.3 Å². The minimum absolute atomic E-state index is 0.00730. The Labute approximate surface area is 122 Å². The highest BCUT2D eigenvalue weighted by atomic mass is 32.2. The summed E-state index contributed by atoms with van der Waals surface area (Å²) in [5, 5.41) is 9.55. The van der Waals surface area contributed by atoms with Gasteiger partial charge in [0.05, 0.1) is 0 Å². The average Bonchev–Trinajstić information content (AvgIpc) is 2.99. The first kappa shape index (κ1) is 13.5. The Hall–Kier alpha value is -1.49. The van der Waals surface area contributed by atoms with Crippen molar-refractivity contribution >= 4 is 23.6 Å². The third-order valence-corrected chi connectivity index (χ3v) is 5.24. The molecule has 1 fully saturated rings. The molecule has 0 aromatic heterocycles. The first-order chi connectivity index (χ1) is 9.68. The van der Waals surface area contributed by atoms with Crippen LogP contribution in [0.1, 0.15) is 23.6 Å². The van der Waals surface area contributed by atoms with Gasteiger partial charge in [0.1, 0.15) is 0 Å². The maximum Gasteiger partial charge on any atom is 0.331 e. The topological polar surface area (TPSA) is 57.6 Å². The number of rotatable bonds is 2. The molecule has 2 aliphatic heterocycles. The molecule has 20 heavy (non-hydrogen) atoms. The number of amides is 1. The van der Waals surface area contributed by atoms with Crippen molar-refractivity contribution in [2.75, 3.05) is 18.1 Å². The summed E-state index contributed by atoms with van der Waals surface area (Å²) in [5.41, 5.74) is 1.81. The van der Waals surface area contributed by atoms with Crippen LogP contribution in [-0.2, 0) is 16.0 Å². The molecule has 1 aromatic rings. The van der Waals surface area contributed by atoms with Gasteiger partial charge in [-0.15, -0.1) is 0 Å². The van der Waals surface area contributed by atoms with Gasteiger partial charge in [0, 0.05) is 18.2 Å².